The summed E-state index contributed by atoms with van der Waals surface area (Å²) >= 11 is 0. The lowest BCUT2D eigenvalue weighted by Gasteiger charge is -2.24. The summed E-state index contributed by atoms with van der Waals surface area (Å²) in [5.41, 5.74) is -0.775. The molecule has 1 heterocycles. The number of carbonyl (C=O) groups excluding carboxylic acids is 5. The molecular weight excluding hydrogens is 370 g/mol. The fourth-order valence-electron chi connectivity index (χ4n) is 2.37. The number of unbranched alkanes of at least 4 members (excludes halogenated alkanes) is 1. The molecule has 1 atom stereocenters. The van der Waals surface area contributed by atoms with Crippen LogP contribution in [0.25, 0.3) is 0 Å². The summed E-state index contributed by atoms with van der Waals surface area (Å²) in [6.45, 7) is 6.98. The van der Waals surface area contributed by atoms with Gasteiger partial charge in [-0.2, -0.15) is 0 Å². The van der Waals surface area contributed by atoms with Gasteiger partial charge in [0.05, 0.1) is 6.61 Å². The number of amides is 2. The Labute approximate surface area is 164 Å². The lowest BCUT2D eigenvalue weighted by atomic mass is 10.1. The molecule has 9 heteroatoms. The molecule has 1 aliphatic rings. The Morgan fingerprint density at radius 2 is 1.64 bits per heavy atom. The first-order valence-electron chi connectivity index (χ1n) is 9.15. The van der Waals surface area contributed by atoms with Crippen LogP contribution in [-0.4, -0.2) is 59.5 Å². The van der Waals surface area contributed by atoms with E-state index in [-0.39, 0.29) is 31.4 Å². The van der Waals surface area contributed by atoms with Crippen molar-refractivity contribution in [1.29, 1.82) is 0 Å². The van der Waals surface area contributed by atoms with Crippen LogP contribution in [0.15, 0.2) is 12.2 Å². The van der Waals surface area contributed by atoms with Crippen LogP contribution in [0.1, 0.15) is 53.4 Å². The van der Waals surface area contributed by atoms with E-state index in [2.05, 4.69) is 4.74 Å². The largest absolute Gasteiger partial charge is 0.466 e. The average molecular weight is 397 g/mol. The number of hydrogen-bond acceptors (Lipinski definition) is 8. The summed E-state index contributed by atoms with van der Waals surface area (Å²) in [4.78, 5) is 59.7. The highest BCUT2D eigenvalue weighted by Gasteiger charge is 2.29. The topological polar surface area (TPSA) is 116 Å². The second-order valence-corrected chi connectivity index (χ2v) is 7.15. The summed E-state index contributed by atoms with van der Waals surface area (Å²) in [7, 11) is 0. The highest BCUT2D eigenvalue weighted by Crippen LogP contribution is 2.15. The van der Waals surface area contributed by atoms with Gasteiger partial charge < -0.3 is 14.2 Å². The maximum atomic E-state index is 12.3. The number of carbonyl (C=O) groups is 5. The van der Waals surface area contributed by atoms with Crippen molar-refractivity contribution in [3.05, 3.63) is 12.2 Å². The zero-order valence-electron chi connectivity index (χ0n) is 16.7. The van der Waals surface area contributed by atoms with Gasteiger partial charge >= 0.3 is 17.9 Å². The van der Waals surface area contributed by atoms with Gasteiger partial charge in [0, 0.05) is 18.7 Å². The Balaban J connectivity index is 2.58. The summed E-state index contributed by atoms with van der Waals surface area (Å²) < 4.78 is 15.1. The van der Waals surface area contributed by atoms with Gasteiger partial charge in [-0.05, 0) is 47.0 Å². The number of nitrogens with zero attached hydrogens (tertiary/aromatic N) is 1. The lowest BCUT2D eigenvalue weighted by molar-refractivity contribution is -0.177. The first-order chi connectivity index (χ1) is 13.0. The summed E-state index contributed by atoms with van der Waals surface area (Å²) in [5.74, 6) is -3.11. The first kappa shape index (κ1) is 23.3. The van der Waals surface area contributed by atoms with Gasteiger partial charge in [-0.1, -0.05) is 0 Å². The molecule has 1 unspecified atom stereocenters. The monoisotopic (exact) mass is 397 g/mol. The Hall–Kier alpha value is -2.71. The van der Waals surface area contributed by atoms with Gasteiger partial charge in [0.1, 0.15) is 12.0 Å². The molecule has 0 aliphatic carbocycles. The molecule has 28 heavy (non-hydrogen) atoms. The fourth-order valence-corrected chi connectivity index (χ4v) is 2.37. The van der Waals surface area contributed by atoms with E-state index in [0.717, 1.165) is 4.90 Å². The second-order valence-electron chi connectivity index (χ2n) is 7.15. The predicted molar refractivity (Wildman–Crippen MR) is 96.7 cm³/mol. The van der Waals surface area contributed by atoms with Crippen LogP contribution in [0.2, 0.25) is 0 Å². The van der Waals surface area contributed by atoms with Gasteiger partial charge in [0.15, 0.2) is 6.10 Å². The molecule has 2 amide bonds. The van der Waals surface area contributed by atoms with Gasteiger partial charge in [-0.3, -0.25) is 24.1 Å². The standard InChI is InChI=1S/C19H27NO8/c1-5-26-16(23)12-17(24)27-13(18(25)28-19(2,3)4)8-6-7-11-20-14(21)9-10-15(20)22/h9-10,13H,5-8,11-12H2,1-4H3. The van der Waals surface area contributed by atoms with E-state index in [9.17, 15) is 24.0 Å². The molecule has 0 saturated heterocycles. The van der Waals surface area contributed by atoms with E-state index < -0.39 is 36.0 Å². The number of esters is 3. The minimum absolute atomic E-state index is 0.129. The number of imide groups is 1. The van der Waals surface area contributed by atoms with Crippen LogP contribution in [0, 0.1) is 0 Å². The van der Waals surface area contributed by atoms with Crippen molar-refractivity contribution in [2.24, 2.45) is 0 Å². The molecule has 0 N–H and O–H groups in total. The molecule has 9 nitrogen and oxygen atoms in total. The van der Waals surface area contributed by atoms with Crippen molar-refractivity contribution in [3.8, 4) is 0 Å². The Bertz CT molecular complexity index is 629. The number of ether oxygens (including phenoxy) is 3. The highest BCUT2D eigenvalue weighted by atomic mass is 16.6. The van der Waals surface area contributed by atoms with Crippen LogP contribution in [-0.2, 0) is 38.2 Å². The second kappa shape index (κ2) is 10.6. The van der Waals surface area contributed by atoms with Crippen molar-refractivity contribution >= 4 is 29.7 Å². The van der Waals surface area contributed by atoms with Gasteiger partial charge in [0.2, 0.25) is 0 Å². The van der Waals surface area contributed by atoms with Crippen molar-refractivity contribution in [2.45, 2.75) is 65.1 Å². The van der Waals surface area contributed by atoms with Crippen LogP contribution < -0.4 is 0 Å². The molecule has 0 aromatic rings. The third-order valence-corrected chi connectivity index (χ3v) is 3.54. The van der Waals surface area contributed by atoms with Crippen molar-refractivity contribution in [2.75, 3.05) is 13.2 Å². The normalized spacial score (nSPS) is 14.8. The Morgan fingerprint density at radius 3 is 2.18 bits per heavy atom. The molecule has 0 saturated carbocycles. The van der Waals surface area contributed by atoms with Gasteiger partial charge in [-0.25, -0.2) is 4.79 Å². The van der Waals surface area contributed by atoms with Crippen molar-refractivity contribution in [3.63, 3.8) is 0 Å². The Morgan fingerprint density at radius 1 is 1.04 bits per heavy atom. The highest BCUT2D eigenvalue weighted by molar-refractivity contribution is 6.12. The van der Waals surface area contributed by atoms with Crippen molar-refractivity contribution < 1.29 is 38.2 Å². The maximum absolute atomic E-state index is 12.3. The molecular formula is C19H27NO8. The number of hydrogen-bond donors (Lipinski definition) is 0. The zero-order valence-corrected chi connectivity index (χ0v) is 16.7. The van der Waals surface area contributed by atoms with E-state index in [1.807, 2.05) is 0 Å². The zero-order chi connectivity index (χ0) is 21.3. The summed E-state index contributed by atoms with van der Waals surface area (Å²) in [6, 6.07) is 0. The first-order valence-corrected chi connectivity index (χ1v) is 9.15. The van der Waals surface area contributed by atoms with Crippen LogP contribution in [0.5, 0.6) is 0 Å². The molecule has 1 rings (SSSR count). The van der Waals surface area contributed by atoms with E-state index >= 15 is 0 Å². The fraction of sp³-hybridized carbons (Fsp3) is 0.632. The molecule has 0 fully saturated rings. The maximum Gasteiger partial charge on any atom is 0.347 e. The summed E-state index contributed by atoms with van der Waals surface area (Å²) in [6.07, 6.45) is 1.56. The minimum atomic E-state index is -1.19. The quantitative estimate of drug-likeness (QED) is 0.178. The average Bonchev–Trinajstić information content (AvgIpc) is 2.87. The minimum Gasteiger partial charge on any atom is -0.466 e. The number of rotatable bonds is 10. The SMILES string of the molecule is CCOC(=O)CC(=O)OC(CCCCN1C(=O)C=CC1=O)C(=O)OC(C)(C)C. The van der Waals surface area contributed by atoms with Gasteiger partial charge in [0.25, 0.3) is 11.8 Å². The lowest BCUT2D eigenvalue weighted by Crippen LogP contribution is -2.35. The van der Waals surface area contributed by atoms with E-state index in [4.69, 9.17) is 9.47 Å². The van der Waals surface area contributed by atoms with E-state index in [1.54, 1.807) is 27.7 Å². The van der Waals surface area contributed by atoms with Crippen LogP contribution >= 0.6 is 0 Å². The van der Waals surface area contributed by atoms with Gasteiger partial charge in [-0.15, -0.1) is 0 Å². The summed E-state index contributed by atoms with van der Waals surface area (Å²) in [5, 5.41) is 0. The molecule has 0 radical (unpaired) electrons. The van der Waals surface area contributed by atoms with Crippen LogP contribution in [0.3, 0.4) is 0 Å². The molecule has 0 aromatic carbocycles. The third kappa shape index (κ3) is 8.32. The van der Waals surface area contributed by atoms with Crippen molar-refractivity contribution in [1.82, 2.24) is 4.90 Å². The molecule has 1 aliphatic heterocycles. The third-order valence-electron chi connectivity index (χ3n) is 3.54. The molecule has 0 aromatic heterocycles. The predicted octanol–water partition coefficient (Wildman–Crippen LogP) is 1.29. The molecule has 0 spiro atoms. The Kier molecular flexibility index (Phi) is 8.81. The molecule has 156 valence electrons. The molecule has 0 bridgehead atoms. The smallest absolute Gasteiger partial charge is 0.347 e. The van der Waals surface area contributed by atoms with E-state index in [1.165, 1.54) is 12.2 Å². The van der Waals surface area contributed by atoms with Crippen LogP contribution in [0.4, 0.5) is 0 Å². The van der Waals surface area contributed by atoms with E-state index in [0.29, 0.717) is 12.8 Å².